The van der Waals surface area contributed by atoms with Gasteiger partial charge in [0.1, 0.15) is 5.82 Å². The lowest BCUT2D eigenvalue weighted by Crippen LogP contribution is -2.15. The molecule has 2 aliphatic rings. The van der Waals surface area contributed by atoms with E-state index in [1.54, 1.807) is 0 Å². The molecule has 1 atom stereocenters. The van der Waals surface area contributed by atoms with E-state index < -0.39 is 0 Å². The Hall–Kier alpha value is -1.21. The number of ether oxygens (including phenoxy) is 2. The number of aromatic nitrogens is 2. The number of halogens is 1. The molecular weight excluding hydrogens is 358 g/mol. The number of nitrogens with zero attached hydrogens (tertiary/aromatic N) is 1. The minimum atomic E-state index is -0.183. The van der Waals surface area contributed by atoms with Gasteiger partial charge in [0.05, 0.1) is 30.6 Å². The van der Waals surface area contributed by atoms with Crippen LogP contribution in [0.25, 0.3) is 11.3 Å². The molecule has 2 aliphatic heterocycles. The van der Waals surface area contributed by atoms with Gasteiger partial charge in [-0.1, -0.05) is 28.1 Å². The van der Waals surface area contributed by atoms with Crippen molar-refractivity contribution in [2.45, 2.75) is 31.6 Å². The van der Waals surface area contributed by atoms with E-state index in [4.69, 9.17) is 14.5 Å². The van der Waals surface area contributed by atoms with Gasteiger partial charge in [-0.25, -0.2) is 4.98 Å². The predicted molar refractivity (Wildman–Crippen MR) is 91.1 cm³/mol. The molecule has 1 aromatic heterocycles. The van der Waals surface area contributed by atoms with E-state index >= 15 is 0 Å². The summed E-state index contributed by atoms with van der Waals surface area (Å²) < 4.78 is 12.3. The second kappa shape index (κ2) is 6.73. The Balaban J connectivity index is 1.67. The molecule has 4 rings (SSSR count). The topological polar surface area (TPSA) is 59.2 Å². The zero-order valence-electron chi connectivity index (χ0n) is 12.8. The molecule has 0 aliphatic carbocycles. The molecule has 0 spiro atoms. The zero-order chi connectivity index (χ0) is 15.6. The first-order chi connectivity index (χ1) is 11.3. The first kappa shape index (κ1) is 15.3. The quantitative estimate of drug-likeness (QED) is 0.858. The third-order valence-corrected chi connectivity index (χ3v) is 4.90. The Kier molecular flexibility index (Phi) is 4.48. The van der Waals surface area contributed by atoms with Crippen molar-refractivity contribution in [3.8, 4) is 11.3 Å². The lowest BCUT2D eigenvalue weighted by Gasteiger charge is -2.08. The summed E-state index contributed by atoms with van der Waals surface area (Å²) in [5, 5.41) is 3.50. The van der Waals surface area contributed by atoms with Crippen molar-refractivity contribution in [3.05, 3.63) is 40.3 Å². The van der Waals surface area contributed by atoms with Gasteiger partial charge in [0.15, 0.2) is 6.29 Å². The van der Waals surface area contributed by atoms with E-state index in [1.807, 2.05) is 0 Å². The molecule has 0 amide bonds. The molecule has 0 radical (unpaired) electrons. The van der Waals surface area contributed by atoms with Crippen molar-refractivity contribution < 1.29 is 9.47 Å². The highest BCUT2D eigenvalue weighted by Gasteiger charge is 2.25. The summed E-state index contributed by atoms with van der Waals surface area (Å²) in [5.41, 5.74) is 3.22. The molecule has 3 heterocycles. The smallest absolute Gasteiger partial charge is 0.163 e. The predicted octanol–water partition coefficient (Wildman–Crippen LogP) is 3.18. The Morgan fingerprint density at radius 3 is 2.65 bits per heavy atom. The Morgan fingerprint density at radius 2 is 1.96 bits per heavy atom. The van der Waals surface area contributed by atoms with Crippen LogP contribution in [0, 0.1) is 0 Å². The molecule has 1 aromatic carbocycles. The molecule has 0 unspecified atom stereocenters. The van der Waals surface area contributed by atoms with E-state index in [0.717, 1.165) is 40.2 Å². The first-order valence-corrected chi connectivity index (χ1v) is 8.90. The number of aromatic amines is 1. The fraction of sp³-hybridized carbons (Fsp3) is 0.471. The highest BCUT2D eigenvalue weighted by Crippen LogP contribution is 2.29. The van der Waals surface area contributed by atoms with Crippen LogP contribution in [0.4, 0.5) is 0 Å². The number of rotatable bonds is 4. The standard InChI is InChI=1S/C17H20BrN3O2/c18-12-5-3-11(4-6-12)16-14(10-15-22-8-9-23-15)20-17(21-16)13-2-1-7-19-13/h3-6,13,15,19H,1-2,7-10H2,(H,20,21)/t13-/m0/s1. The Labute approximate surface area is 143 Å². The largest absolute Gasteiger partial charge is 0.350 e. The van der Waals surface area contributed by atoms with Crippen LogP contribution in [0.5, 0.6) is 0 Å². The van der Waals surface area contributed by atoms with E-state index in [1.165, 1.54) is 6.42 Å². The van der Waals surface area contributed by atoms with Gasteiger partial charge in [0.2, 0.25) is 0 Å². The van der Waals surface area contributed by atoms with E-state index in [-0.39, 0.29) is 6.29 Å². The maximum absolute atomic E-state index is 5.60. The number of hydrogen-bond acceptors (Lipinski definition) is 4. The van der Waals surface area contributed by atoms with Crippen LogP contribution in [-0.4, -0.2) is 36.0 Å². The van der Waals surface area contributed by atoms with Crippen LogP contribution < -0.4 is 5.32 Å². The van der Waals surface area contributed by atoms with Crippen LogP contribution in [0.2, 0.25) is 0 Å². The fourth-order valence-corrected chi connectivity index (χ4v) is 3.46. The Morgan fingerprint density at radius 1 is 1.17 bits per heavy atom. The molecule has 5 nitrogen and oxygen atoms in total. The monoisotopic (exact) mass is 377 g/mol. The number of H-pyrrole nitrogens is 1. The second-order valence-electron chi connectivity index (χ2n) is 5.97. The van der Waals surface area contributed by atoms with Gasteiger partial charge in [-0.2, -0.15) is 0 Å². The van der Waals surface area contributed by atoms with Gasteiger partial charge in [0.25, 0.3) is 0 Å². The average molecular weight is 378 g/mol. The molecule has 23 heavy (non-hydrogen) atoms. The summed E-state index contributed by atoms with van der Waals surface area (Å²) in [6, 6.07) is 8.63. The lowest BCUT2D eigenvalue weighted by atomic mass is 10.1. The van der Waals surface area contributed by atoms with Crippen molar-refractivity contribution in [2.75, 3.05) is 19.8 Å². The first-order valence-electron chi connectivity index (χ1n) is 8.11. The maximum Gasteiger partial charge on any atom is 0.163 e. The van der Waals surface area contributed by atoms with Crippen molar-refractivity contribution in [3.63, 3.8) is 0 Å². The van der Waals surface area contributed by atoms with Crippen LogP contribution in [-0.2, 0) is 15.9 Å². The van der Waals surface area contributed by atoms with Gasteiger partial charge in [-0.3, -0.25) is 0 Å². The van der Waals surface area contributed by atoms with Crippen LogP contribution in [0.3, 0.4) is 0 Å². The molecule has 2 saturated heterocycles. The number of benzene rings is 1. The second-order valence-corrected chi connectivity index (χ2v) is 6.89. The van der Waals surface area contributed by atoms with E-state index in [0.29, 0.717) is 25.7 Å². The molecule has 2 N–H and O–H groups in total. The molecule has 2 fully saturated rings. The SMILES string of the molecule is Brc1ccc(-c2[nH]c([C@@H]3CCCN3)nc2CC2OCCO2)cc1. The fourth-order valence-electron chi connectivity index (χ4n) is 3.20. The number of hydrogen-bond donors (Lipinski definition) is 2. The van der Waals surface area contributed by atoms with E-state index in [2.05, 4.69) is 50.5 Å². The Bertz CT molecular complexity index is 659. The van der Waals surface area contributed by atoms with Crippen molar-refractivity contribution >= 4 is 15.9 Å². The molecule has 2 aromatic rings. The summed E-state index contributed by atoms with van der Waals surface area (Å²) in [7, 11) is 0. The van der Waals surface area contributed by atoms with E-state index in [9.17, 15) is 0 Å². The summed E-state index contributed by atoms with van der Waals surface area (Å²) in [6.45, 7) is 2.39. The van der Waals surface area contributed by atoms with Crippen molar-refractivity contribution in [1.29, 1.82) is 0 Å². The summed E-state index contributed by atoms with van der Waals surface area (Å²) in [4.78, 5) is 8.40. The zero-order valence-corrected chi connectivity index (χ0v) is 14.4. The molecule has 122 valence electrons. The molecular formula is C17H20BrN3O2. The highest BCUT2D eigenvalue weighted by atomic mass is 79.9. The summed E-state index contributed by atoms with van der Waals surface area (Å²) in [6.07, 6.45) is 2.82. The van der Waals surface area contributed by atoms with Gasteiger partial charge < -0.3 is 19.8 Å². The van der Waals surface area contributed by atoms with Crippen molar-refractivity contribution in [1.82, 2.24) is 15.3 Å². The van der Waals surface area contributed by atoms with Crippen LogP contribution >= 0.6 is 15.9 Å². The normalized spacial score (nSPS) is 22.0. The van der Waals surface area contributed by atoms with Gasteiger partial charge >= 0.3 is 0 Å². The third kappa shape index (κ3) is 3.35. The van der Waals surface area contributed by atoms with Crippen LogP contribution in [0.1, 0.15) is 30.4 Å². The van der Waals surface area contributed by atoms with Gasteiger partial charge in [0, 0.05) is 10.9 Å². The number of nitrogens with one attached hydrogen (secondary N) is 2. The highest BCUT2D eigenvalue weighted by molar-refractivity contribution is 9.10. The molecule has 6 heteroatoms. The third-order valence-electron chi connectivity index (χ3n) is 4.37. The summed E-state index contributed by atoms with van der Waals surface area (Å²) >= 11 is 3.49. The average Bonchev–Trinajstić information content (AvgIpc) is 3.30. The van der Waals surface area contributed by atoms with Crippen LogP contribution in [0.15, 0.2) is 28.7 Å². The van der Waals surface area contributed by atoms with Gasteiger partial charge in [-0.05, 0) is 37.1 Å². The molecule has 0 saturated carbocycles. The maximum atomic E-state index is 5.60. The minimum Gasteiger partial charge on any atom is -0.350 e. The van der Waals surface area contributed by atoms with Crippen molar-refractivity contribution in [2.24, 2.45) is 0 Å². The lowest BCUT2D eigenvalue weighted by molar-refractivity contribution is -0.0404. The summed E-state index contributed by atoms with van der Waals surface area (Å²) in [5.74, 6) is 1.02. The molecule has 0 bridgehead atoms. The van der Waals surface area contributed by atoms with Gasteiger partial charge in [-0.15, -0.1) is 0 Å². The number of imidazole rings is 1. The minimum absolute atomic E-state index is 0.183.